The van der Waals surface area contributed by atoms with Gasteiger partial charge in [-0.15, -0.1) is 0 Å². The van der Waals surface area contributed by atoms with E-state index in [2.05, 4.69) is 42.8 Å². The average Bonchev–Trinajstić information content (AvgIpc) is 2.93. The third-order valence-corrected chi connectivity index (χ3v) is 7.78. The minimum Gasteiger partial charge on any atom is -0.194 e. The molecule has 2 atom stereocenters. The van der Waals surface area contributed by atoms with Crippen molar-refractivity contribution < 1.29 is 4.57 Å². The van der Waals surface area contributed by atoms with Crippen molar-refractivity contribution in [1.82, 2.24) is 0 Å². The van der Waals surface area contributed by atoms with Gasteiger partial charge in [0.2, 0.25) is 5.69 Å². The van der Waals surface area contributed by atoms with Crippen LogP contribution in [-0.4, -0.2) is 0 Å². The lowest BCUT2D eigenvalue weighted by Crippen LogP contribution is -2.48. The molecule has 1 aliphatic heterocycles. The molecule has 24 heavy (non-hydrogen) atoms. The van der Waals surface area contributed by atoms with Gasteiger partial charge in [-0.3, -0.25) is 0 Å². The summed E-state index contributed by atoms with van der Waals surface area (Å²) in [7, 11) is 0. The van der Waals surface area contributed by atoms with E-state index in [-0.39, 0.29) is 0 Å². The summed E-state index contributed by atoms with van der Waals surface area (Å²) in [5.41, 5.74) is 11.7. The number of aromatic nitrogens is 1. The summed E-state index contributed by atoms with van der Waals surface area (Å²) < 4.78 is 2.52. The van der Waals surface area contributed by atoms with Crippen LogP contribution in [0.15, 0.2) is 24.4 Å². The van der Waals surface area contributed by atoms with Gasteiger partial charge in [-0.2, -0.15) is 4.57 Å². The molecule has 1 saturated carbocycles. The van der Waals surface area contributed by atoms with Crippen LogP contribution in [0.2, 0.25) is 0 Å². The summed E-state index contributed by atoms with van der Waals surface area (Å²) in [6, 6.07) is 7.66. The van der Waals surface area contributed by atoms with Crippen LogP contribution < -0.4 is 4.57 Å². The molecule has 0 spiro atoms. The van der Waals surface area contributed by atoms with Gasteiger partial charge in [0.15, 0.2) is 12.7 Å². The van der Waals surface area contributed by atoms with Crippen molar-refractivity contribution in [2.75, 3.05) is 0 Å². The normalized spacial score (nSPS) is 27.6. The van der Waals surface area contributed by atoms with E-state index >= 15 is 0 Å². The van der Waals surface area contributed by atoms with Gasteiger partial charge in [0.25, 0.3) is 0 Å². The van der Waals surface area contributed by atoms with Crippen molar-refractivity contribution in [3.8, 4) is 11.3 Å². The zero-order valence-electron chi connectivity index (χ0n) is 14.9. The van der Waals surface area contributed by atoms with Crippen LogP contribution in [0.25, 0.3) is 11.3 Å². The molecule has 7 rings (SSSR count). The molecule has 122 valence electrons. The molecule has 4 aliphatic carbocycles. The van der Waals surface area contributed by atoms with E-state index in [4.69, 9.17) is 0 Å². The molecule has 2 bridgehead atoms. The molecule has 0 N–H and O–H groups in total. The first kappa shape index (κ1) is 13.6. The first-order chi connectivity index (χ1) is 11.6. The van der Waals surface area contributed by atoms with E-state index in [1.54, 1.807) is 27.8 Å². The third kappa shape index (κ3) is 1.59. The van der Waals surface area contributed by atoms with Gasteiger partial charge in [-0.05, 0) is 84.6 Å². The topological polar surface area (TPSA) is 3.88 Å². The number of hydrogen-bond acceptors (Lipinski definition) is 0. The van der Waals surface area contributed by atoms with E-state index in [1.165, 1.54) is 49.8 Å². The van der Waals surface area contributed by atoms with Gasteiger partial charge in [-0.25, -0.2) is 0 Å². The first-order valence-electron chi connectivity index (χ1n) is 9.82. The highest BCUT2D eigenvalue weighted by Gasteiger charge is 2.52. The van der Waals surface area contributed by atoms with Crippen molar-refractivity contribution in [2.24, 2.45) is 11.3 Å². The lowest BCUT2D eigenvalue weighted by Gasteiger charge is -2.57. The highest BCUT2D eigenvalue weighted by atomic mass is 15.0. The summed E-state index contributed by atoms with van der Waals surface area (Å²) in [4.78, 5) is 0. The quantitative estimate of drug-likeness (QED) is 0.535. The van der Waals surface area contributed by atoms with E-state index in [1.807, 2.05) is 0 Å². The first-order valence-corrected chi connectivity index (χ1v) is 9.82. The molecule has 0 amide bonds. The van der Waals surface area contributed by atoms with Gasteiger partial charge in [-0.1, -0.05) is 13.8 Å². The molecule has 1 aromatic carbocycles. The number of pyridine rings is 1. The maximum absolute atomic E-state index is 2.58. The fourth-order valence-electron chi connectivity index (χ4n) is 6.05. The zero-order chi connectivity index (χ0) is 16.1. The Bertz CT molecular complexity index is 889. The molecular formula is C23H26N+. The van der Waals surface area contributed by atoms with E-state index < -0.39 is 0 Å². The van der Waals surface area contributed by atoms with Crippen molar-refractivity contribution in [2.45, 2.75) is 64.8 Å². The molecule has 5 aliphatic rings. The molecule has 0 radical (unpaired) electrons. The van der Waals surface area contributed by atoms with Gasteiger partial charge < -0.3 is 0 Å². The Morgan fingerprint density at radius 2 is 1.79 bits per heavy atom. The Kier molecular flexibility index (Phi) is 2.45. The number of fused-ring (bicyclic) bond motifs is 4. The fraction of sp³-hybridized carbons (Fsp3) is 0.522. The van der Waals surface area contributed by atoms with E-state index in [0.717, 1.165) is 18.4 Å². The third-order valence-electron chi connectivity index (χ3n) is 7.78. The van der Waals surface area contributed by atoms with Crippen molar-refractivity contribution in [3.05, 3.63) is 52.2 Å². The van der Waals surface area contributed by atoms with Crippen molar-refractivity contribution in [1.29, 1.82) is 0 Å². The number of benzene rings is 1. The van der Waals surface area contributed by atoms with Crippen molar-refractivity contribution in [3.63, 3.8) is 0 Å². The summed E-state index contributed by atoms with van der Waals surface area (Å²) in [5, 5.41) is 0. The van der Waals surface area contributed by atoms with Gasteiger partial charge in [0, 0.05) is 17.2 Å². The molecule has 2 heterocycles. The van der Waals surface area contributed by atoms with Gasteiger partial charge >= 0.3 is 0 Å². The molecule has 1 aromatic heterocycles. The predicted molar refractivity (Wildman–Crippen MR) is 96.2 cm³/mol. The number of nitrogens with zero attached hydrogens (tertiary/aromatic N) is 1. The summed E-state index contributed by atoms with van der Waals surface area (Å²) in [6.45, 7) is 6.06. The number of aryl methyl sites for hydroxylation is 2. The van der Waals surface area contributed by atoms with Gasteiger partial charge in [0.1, 0.15) is 0 Å². The Labute approximate surface area is 144 Å². The SMILES string of the molecule is CC1(C)C2Cc3cc4c(cc3C1C2)C[n+]1cc2c(cc1-4)CCCC2. The largest absolute Gasteiger partial charge is 0.213 e. The van der Waals surface area contributed by atoms with Crippen LogP contribution in [0.1, 0.15) is 66.8 Å². The second-order valence-electron chi connectivity index (χ2n) is 9.26. The molecule has 1 heteroatoms. The lowest BCUT2D eigenvalue weighted by molar-refractivity contribution is -0.672. The van der Waals surface area contributed by atoms with Crippen molar-refractivity contribution >= 4 is 0 Å². The monoisotopic (exact) mass is 316 g/mol. The van der Waals surface area contributed by atoms with Crippen LogP contribution >= 0.6 is 0 Å². The van der Waals surface area contributed by atoms with E-state index in [9.17, 15) is 0 Å². The van der Waals surface area contributed by atoms with E-state index in [0.29, 0.717) is 5.41 Å². The Morgan fingerprint density at radius 1 is 0.958 bits per heavy atom. The smallest absolute Gasteiger partial charge is 0.194 e. The van der Waals surface area contributed by atoms with Crippen LogP contribution in [0.5, 0.6) is 0 Å². The van der Waals surface area contributed by atoms with Crippen LogP contribution in [0, 0.1) is 11.3 Å². The molecular weight excluding hydrogens is 290 g/mol. The minimum atomic E-state index is 0.527. The average molecular weight is 316 g/mol. The Balaban J connectivity index is 1.50. The second kappa shape index (κ2) is 4.31. The minimum absolute atomic E-state index is 0.527. The van der Waals surface area contributed by atoms with Gasteiger partial charge in [0.05, 0.1) is 5.56 Å². The Hall–Kier alpha value is -1.63. The fourth-order valence-corrected chi connectivity index (χ4v) is 6.05. The van der Waals surface area contributed by atoms with Crippen LogP contribution in [-0.2, 0) is 25.8 Å². The molecule has 2 unspecified atom stereocenters. The summed E-state index contributed by atoms with van der Waals surface area (Å²) in [6.07, 6.45) is 10.5. The highest BCUT2D eigenvalue weighted by Crippen LogP contribution is 2.62. The summed E-state index contributed by atoms with van der Waals surface area (Å²) >= 11 is 0. The highest BCUT2D eigenvalue weighted by molar-refractivity contribution is 5.67. The van der Waals surface area contributed by atoms with Crippen LogP contribution in [0.4, 0.5) is 0 Å². The maximum atomic E-state index is 2.58. The lowest BCUT2D eigenvalue weighted by atomic mass is 9.47. The Morgan fingerprint density at radius 3 is 2.62 bits per heavy atom. The number of hydrogen-bond donors (Lipinski definition) is 0. The molecule has 1 nitrogen and oxygen atoms in total. The standard InChI is InChI=1S/C23H26N/c1-23(2)18-7-16-8-20-17(9-19(16)21(23)11-18)13-24-12-15-6-4-3-5-14(15)10-22(20)24/h8-10,12,18,21H,3-7,11,13H2,1-2H3/q+1. The molecule has 1 fully saturated rings. The zero-order valence-corrected chi connectivity index (χ0v) is 14.9. The maximum Gasteiger partial charge on any atom is 0.213 e. The summed E-state index contributed by atoms with van der Waals surface area (Å²) in [5.74, 6) is 1.71. The molecule has 2 aromatic rings. The predicted octanol–water partition coefficient (Wildman–Crippen LogP) is 4.57. The van der Waals surface area contributed by atoms with Crippen LogP contribution in [0.3, 0.4) is 0 Å². The molecule has 0 saturated heterocycles. The second-order valence-corrected chi connectivity index (χ2v) is 9.26. The number of rotatable bonds is 0.